The monoisotopic (exact) mass is 220 g/mol. The van der Waals surface area contributed by atoms with Crippen molar-refractivity contribution in [3.63, 3.8) is 0 Å². The van der Waals surface area contributed by atoms with Crippen LogP contribution in [0.1, 0.15) is 43.7 Å². The second-order valence-electron chi connectivity index (χ2n) is 4.61. The Morgan fingerprint density at radius 1 is 1.31 bits per heavy atom. The number of Topliss-reactive ketones (excluding diaryl/α,β-unsaturated/α-hetero) is 1. The Hall–Kier alpha value is -1.22. The molecule has 0 atom stereocenters. The molecule has 1 aromatic heterocycles. The fourth-order valence-corrected chi connectivity index (χ4v) is 1.29. The highest BCUT2D eigenvalue weighted by Crippen LogP contribution is 2.06. The fourth-order valence-electron chi connectivity index (χ4n) is 1.29. The third-order valence-electron chi connectivity index (χ3n) is 2.32. The van der Waals surface area contributed by atoms with Crippen LogP contribution in [0.15, 0.2) is 18.3 Å². The molecular weight excluding hydrogens is 200 g/mol. The topological polar surface area (TPSA) is 42.0 Å². The van der Waals surface area contributed by atoms with Gasteiger partial charge in [-0.1, -0.05) is 33.8 Å². The van der Waals surface area contributed by atoms with Crippen LogP contribution in [-0.2, 0) is 6.54 Å². The SMILES string of the molecule is CC(C)NCc1ccc(C(=O)C(C)C)nc1. The largest absolute Gasteiger partial charge is 0.310 e. The van der Waals surface area contributed by atoms with E-state index < -0.39 is 0 Å². The number of rotatable bonds is 5. The smallest absolute Gasteiger partial charge is 0.183 e. The lowest BCUT2D eigenvalue weighted by atomic mass is 10.1. The number of nitrogens with one attached hydrogen (secondary N) is 1. The minimum Gasteiger partial charge on any atom is -0.310 e. The van der Waals surface area contributed by atoms with Crippen molar-refractivity contribution in [3.05, 3.63) is 29.6 Å². The number of carbonyl (C=O) groups is 1. The molecule has 0 aromatic carbocycles. The van der Waals surface area contributed by atoms with Gasteiger partial charge in [-0.3, -0.25) is 9.78 Å². The van der Waals surface area contributed by atoms with E-state index in [1.54, 1.807) is 12.3 Å². The zero-order valence-corrected chi connectivity index (χ0v) is 10.4. The second-order valence-corrected chi connectivity index (χ2v) is 4.61. The van der Waals surface area contributed by atoms with Gasteiger partial charge in [0.05, 0.1) is 0 Å². The first-order valence-corrected chi connectivity index (χ1v) is 5.73. The Bertz CT molecular complexity index is 341. The first kappa shape index (κ1) is 12.8. The number of hydrogen-bond donors (Lipinski definition) is 1. The average molecular weight is 220 g/mol. The molecule has 0 saturated heterocycles. The van der Waals surface area contributed by atoms with Crippen LogP contribution >= 0.6 is 0 Å². The summed E-state index contributed by atoms with van der Waals surface area (Å²) in [7, 11) is 0. The zero-order valence-electron chi connectivity index (χ0n) is 10.4. The fraction of sp³-hybridized carbons (Fsp3) is 0.538. The van der Waals surface area contributed by atoms with Crippen molar-refractivity contribution in [2.45, 2.75) is 40.3 Å². The molecule has 0 aliphatic rings. The molecule has 1 rings (SSSR count). The van der Waals surface area contributed by atoms with Gasteiger partial charge in [0.2, 0.25) is 0 Å². The molecule has 0 aliphatic carbocycles. The van der Waals surface area contributed by atoms with E-state index in [2.05, 4.69) is 24.1 Å². The molecule has 3 heteroatoms. The molecule has 16 heavy (non-hydrogen) atoms. The van der Waals surface area contributed by atoms with E-state index in [1.807, 2.05) is 19.9 Å². The van der Waals surface area contributed by atoms with Crippen molar-refractivity contribution in [3.8, 4) is 0 Å². The van der Waals surface area contributed by atoms with Crippen molar-refractivity contribution >= 4 is 5.78 Å². The van der Waals surface area contributed by atoms with E-state index in [4.69, 9.17) is 0 Å². The van der Waals surface area contributed by atoms with Crippen LogP contribution in [0.2, 0.25) is 0 Å². The highest BCUT2D eigenvalue weighted by Gasteiger charge is 2.11. The maximum atomic E-state index is 11.6. The predicted molar refractivity (Wildman–Crippen MR) is 65.4 cm³/mol. The Morgan fingerprint density at radius 2 is 2.00 bits per heavy atom. The lowest BCUT2D eigenvalue weighted by molar-refractivity contribution is 0.0934. The van der Waals surface area contributed by atoms with Crippen LogP contribution in [0, 0.1) is 5.92 Å². The molecule has 1 N–H and O–H groups in total. The predicted octanol–water partition coefficient (Wildman–Crippen LogP) is 2.42. The summed E-state index contributed by atoms with van der Waals surface area (Å²) in [5.74, 6) is 0.107. The molecule has 0 bridgehead atoms. The Morgan fingerprint density at radius 3 is 2.44 bits per heavy atom. The lowest BCUT2D eigenvalue weighted by Crippen LogP contribution is -2.22. The number of carbonyl (C=O) groups excluding carboxylic acids is 1. The molecule has 3 nitrogen and oxygen atoms in total. The molecular formula is C13H20N2O. The average Bonchev–Trinajstić information content (AvgIpc) is 2.26. The van der Waals surface area contributed by atoms with Crippen LogP contribution in [0.25, 0.3) is 0 Å². The summed E-state index contributed by atoms with van der Waals surface area (Å²) < 4.78 is 0. The van der Waals surface area contributed by atoms with Crippen LogP contribution in [0.3, 0.4) is 0 Å². The van der Waals surface area contributed by atoms with E-state index in [1.165, 1.54) is 0 Å². The van der Waals surface area contributed by atoms with E-state index in [-0.39, 0.29) is 11.7 Å². The summed E-state index contributed by atoms with van der Waals surface area (Å²) in [6.45, 7) is 8.77. The maximum Gasteiger partial charge on any atom is 0.183 e. The third-order valence-corrected chi connectivity index (χ3v) is 2.32. The van der Waals surface area contributed by atoms with Crippen molar-refractivity contribution in [2.75, 3.05) is 0 Å². The highest BCUT2D eigenvalue weighted by molar-refractivity contribution is 5.95. The first-order chi connectivity index (χ1) is 7.50. The number of aromatic nitrogens is 1. The normalized spacial score (nSPS) is 11.1. The molecule has 88 valence electrons. The summed E-state index contributed by atoms with van der Waals surface area (Å²) in [4.78, 5) is 15.8. The van der Waals surface area contributed by atoms with E-state index in [0.29, 0.717) is 11.7 Å². The van der Waals surface area contributed by atoms with E-state index >= 15 is 0 Å². The van der Waals surface area contributed by atoms with Gasteiger partial charge in [0.1, 0.15) is 5.69 Å². The standard InChI is InChI=1S/C13H20N2O/c1-9(2)13(16)12-6-5-11(8-15-12)7-14-10(3)4/h5-6,8-10,14H,7H2,1-4H3. The van der Waals surface area contributed by atoms with Gasteiger partial charge in [-0.2, -0.15) is 0 Å². The molecule has 0 saturated carbocycles. The van der Waals surface area contributed by atoms with Crippen molar-refractivity contribution < 1.29 is 4.79 Å². The van der Waals surface area contributed by atoms with Gasteiger partial charge in [0, 0.05) is 24.7 Å². The molecule has 0 amide bonds. The molecule has 1 aromatic rings. The van der Waals surface area contributed by atoms with Crippen molar-refractivity contribution in [2.24, 2.45) is 5.92 Å². The summed E-state index contributed by atoms with van der Waals surface area (Å²) in [5, 5.41) is 3.31. The first-order valence-electron chi connectivity index (χ1n) is 5.73. The lowest BCUT2D eigenvalue weighted by Gasteiger charge is -2.08. The van der Waals surface area contributed by atoms with Gasteiger partial charge in [0.15, 0.2) is 5.78 Å². The summed E-state index contributed by atoms with van der Waals surface area (Å²) in [5.41, 5.74) is 1.66. The van der Waals surface area contributed by atoms with Gasteiger partial charge >= 0.3 is 0 Å². The minimum atomic E-state index is 0.00661. The summed E-state index contributed by atoms with van der Waals surface area (Å²) in [6.07, 6.45) is 1.77. The zero-order chi connectivity index (χ0) is 12.1. The van der Waals surface area contributed by atoms with Gasteiger partial charge in [0.25, 0.3) is 0 Å². The van der Waals surface area contributed by atoms with Crippen LogP contribution in [0.5, 0.6) is 0 Å². The molecule has 0 aliphatic heterocycles. The number of pyridine rings is 1. The van der Waals surface area contributed by atoms with E-state index in [9.17, 15) is 4.79 Å². The highest BCUT2D eigenvalue weighted by atomic mass is 16.1. The molecule has 0 spiro atoms. The van der Waals surface area contributed by atoms with Gasteiger partial charge in [-0.25, -0.2) is 0 Å². The summed E-state index contributed by atoms with van der Waals surface area (Å²) in [6, 6.07) is 4.22. The maximum absolute atomic E-state index is 11.6. The van der Waals surface area contributed by atoms with Crippen molar-refractivity contribution in [1.82, 2.24) is 10.3 Å². The number of hydrogen-bond acceptors (Lipinski definition) is 3. The third kappa shape index (κ3) is 3.74. The number of ketones is 1. The second kappa shape index (κ2) is 5.75. The Balaban J connectivity index is 2.64. The van der Waals surface area contributed by atoms with Crippen LogP contribution in [-0.4, -0.2) is 16.8 Å². The Kier molecular flexibility index (Phi) is 4.62. The number of nitrogens with zero attached hydrogens (tertiary/aromatic N) is 1. The van der Waals surface area contributed by atoms with Gasteiger partial charge < -0.3 is 5.32 Å². The summed E-state index contributed by atoms with van der Waals surface area (Å²) >= 11 is 0. The van der Waals surface area contributed by atoms with Crippen LogP contribution in [0.4, 0.5) is 0 Å². The van der Waals surface area contributed by atoms with Crippen LogP contribution < -0.4 is 5.32 Å². The minimum absolute atomic E-state index is 0.00661. The van der Waals surface area contributed by atoms with Gasteiger partial charge in [-0.15, -0.1) is 0 Å². The van der Waals surface area contributed by atoms with Gasteiger partial charge in [-0.05, 0) is 11.6 Å². The van der Waals surface area contributed by atoms with E-state index in [0.717, 1.165) is 12.1 Å². The Labute approximate surface area is 97.3 Å². The molecule has 0 fully saturated rings. The molecule has 1 heterocycles. The quantitative estimate of drug-likeness (QED) is 0.775. The van der Waals surface area contributed by atoms with Crippen molar-refractivity contribution in [1.29, 1.82) is 0 Å². The molecule has 0 unspecified atom stereocenters. The molecule has 0 radical (unpaired) electrons.